The standard InChI is InChI=1S/C15H25NO/c1-10(2)14(9-16-5)13-7-11(3)12(4)8-15(13)17-6/h7-8,10,14,16H,9H2,1-6H3. The average molecular weight is 235 g/mol. The maximum absolute atomic E-state index is 5.53. The molecule has 0 saturated heterocycles. The normalized spacial score (nSPS) is 12.9. The largest absolute Gasteiger partial charge is 0.496 e. The lowest BCUT2D eigenvalue weighted by atomic mass is 9.86. The maximum atomic E-state index is 5.53. The fourth-order valence-corrected chi connectivity index (χ4v) is 2.20. The summed E-state index contributed by atoms with van der Waals surface area (Å²) in [5.41, 5.74) is 3.94. The summed E-state index contributed by atoms with van der Waals surface area (Å²) in [6.07, 6.45) is 0. The average Bonchev–Trinajstić information content (AvgIpc) is 2.29. The molecule has 0 aliphatic heterocycles. The molecule has 2 heteroatoms. The van der Waals surface area contributed by atoms with Gasteiger partial charge in [0.2, 0.25) is 0 Å². The first-order chi connectivity index (χ1) is 8.01. The molecular formula is C15H25NO. The topological polar surface area (TPSA) is 21.3 Å². The van der Waals surface area contributed by atoms with E-state index in [0.29, 0.717) is 11.8 Å². The molecule has 0 spiro atoms. The number of ether oxygens (including phenoxy) is 1. The van der Waals surface area contributed by atoms with Gasteiger partial charge in [-0.05, 0) is 49.6 Å². The van der Waals surface area contributed by atoms with Gasteiger partial charge in [-0.1, -0.05) is 19.9 Å². The van der Waals surface area contributed by atoms with Crippen molar-refractivity contribution < 1.29 is 4.74 Å². The molecule has 1 atom stereocenters. The molecule has 0 heterocycles. The van der Waals surface area contributed by atoms with Crippen LogP contribution in [0.1, 0.15) is 36.5 Å². The summed E-state index contributed by atoms with van der Waals surface area (Å²) in [4.78, 5) is 0. The Labute approximate surface area is 105 Å². The van der Waals surface area contributed by atoms with E-state index in [4.69, 9.17) is 4.74 Å². The molecule has 1 rings (SSSR count). The highest BCUT2D eigenvalue weighted by atomic mass is 16.5. The van der Waals surface area contributed by atoms with Gasteiger partial charge in [0.25, 0.3) is 0 Å². The minimum absolute atomic E-state index is 0.495. The van der Waals surface area contributed by atoms with E-state index in [-0.39, 0.29) is 0 Å². The summed E-state index contributed by atoms with van der Waals surface area (Å²) in [7, 11) is 3.76. The number of benzene rings is 1. The molecule has 1 aromatic rings. The Morgan fingerprint density at radius 1 is 1.18 bits per heavy atom. The monoisotopic (exact) mass is 235 g/mol. The van der Waals surface area contributed by atoms with Crippen LogP contribution in [0.5, 0.6) is 5.75 Å². The molecule has 0 aliphatic rings. The Kier molecular flexibility index (Phi) is 5.01. The Balaban J connectivity index is 3.21. The van der Waals surface area contributed by atoms with Gasteiger partial charge in [-0.3, -0.25) is 0 Å². The zero-order valence-electron chi connectivity index (χ0n) is 11.9. The number of hydrogen-bond acceptors (Lipinski definition) is 2. The number of aryl methyl sites for hydroxylation is 2. The van der Waals surface area contributed by atoms with Crippen molar-refractivity contribution in [1.82, 2.24) is 5.32 Å². The molecule has 0 amide bonds. The van der Waals surface area contributed by atoms with E-state index < -0.39 is 0 Å². The SMILES string of the molecule is CNCC(c1cc(C)c(C)cc1OC)C(C)C. The fraction of sp³-hybridized carbons (Fsp3) is 0.600. The van der Waals surface area contributed by atoms with Crippen molar-refractivity contribution in [3.8, 4) is 5.75 Å². The smallest absolute Gasteiger partial charge is 0.122 e. The quantitative estimate of drug-likeness (QED) is 0.845. The van der Waals surface area contributed by atoms with E-state index in [1.165, 1.54) is 16.7 Å². The van der Waals surface area contributed by atoms with Crippen molar-refractivity contribution in [2.24, 2.45) is 5.92 Å². The minimum Gasteiger partial charge on any atom is -0.496 e. The van der Waals surface area contributed by atoms with Crippen LogP contribution in [0.4, 0.5) is 0 Å². The maximum Gasteiger partial charge on any atom is 0.122 e. The molecule has 0 aliphatic carbocycles. The van der Waals surface area contributed by atoms with Gasteiger partial charge in [-0.2, -0.15) is 0 Å². The molecule has 1 aromatic carbocycles. The highest BCUT2D eigenvalue weighted by Crippen LogP contribution is 2.33. The summed E-state index contributed by atoms with van der Waals surface area (Å²) in [5, 5.41) is 3.28. The Hall–Kier alpha value is -1.02. The summed E-state index contributed by atoms with van der Waals surface area (Å²) in [6, 6.07) is 4.42. The van der Waals surface area contributed by atoms with Crippen LogP contribution in [-0.4, -0.2) is 20.7 Å². The zero-order chi connectivity index (χ0) is 13.0. The van der Waals surface area contributed by atoms with Crippen LogP contribution in [0.3, 0.4) is 0 Å². The highest BCUT2D eigenvalue weighted by molar-refractivity contribution is 5.44. The fourth-order valence-electron chi connectivity index (χ4n) is 2.20. The lowest BCUT2D eigenvalue weighted by Crippen LogP contribution is -2.22. The molecular weight excluding hydrogens is 210 g/mol. The van der Waals surface area contributed by atoms with Crippen LogP contribution in [0, 0.1) is 19.8 Å². The lowest BCUT2D eigenvalue weighted by molar-refractivity contribution is 0.391. The van der Waals surface area contributed by atoms with Crippen LogP contribution in [0.25, 0.3) is 0 Å². The summed E-state index contributed by atoms with van der Waals surface area (Å²) < 4.78 is 5.53. The summed E-state index contributed by atoms with van der Waals surface area (Å²) in [5.74, 6) is 2.11. The predicted molar refractivity (Wildman–Crippen MR) is 74.0 cm³/mol. The second-order valence-electron chi connectivity index (χ2n) is 5.09. The molecule has 0 aromatic heterocycles. The van der Waals surface area contributed by atoms with Crippen LogP contribution < -0.4 is 10.1 Å². The number of rotatable bonds is 5. The number of methoxy groups -OCH3 is 1. The molecule has 0 saturated carbocycles. The number of likely N-dealkylation sites (N-methyl/N-ethyl adjacent to an activating group) is 1. The predicted octanol–water partition coefficient (Wildman–Crippen LogP) is 3.27. The van der Waals surface area contributed by atoms with E-state index >= 15 is 0 Å². The van der Waals surface area contributed by atoms with Gasteiger partial charge >= 0.3 is 0 Å². The number of nitrogens with one attached hydrogen (secondary N) is 1. The first kappa shape index (κ1) is 14.0. The first-order valence-corrected chi connectivity index (χ1v) is 6.31. The third-order valence-corrected chi connectivity index (χ3v) is 3.47. The Morgan fingerprint density at radius 2 is 1.76 bits per heavy atom. The van der Waals surface area contributed by atoms with Gasteiger partial charge in [0.15, 0.2) is 0 Å². The van der Waals surface area contributed by atoms with Crippen molar-refractivity contribution in [3.05, 3.63) is 28.8 Å². The molecule has 96 valence electrons. The highest BCUT2D eigenvalue weighted by Gasteiger charge is 2.19. The molecule has 0 radical (unpaired) electrons. The van der Waals surface area contributed by atoms with Crippen LogP contribution in [0.15, 0.2) is 12.1 Å². The van der Waals surface area contributed by atoms with Crippen molar-refractivity contribution in [1.29, 1.82) is 0 Å². The van der Waals surface area contributed by atoms with Crippen LogP contribution in [0.2, 0.25) is 0 Å². The van der Waals surface area contributed by atoms with Crippen LogP contribution >= 0.6 is 0 Å². The Morgan fingerprint density at radius 3 is 2.24 bits per heavy atom. The van der Waals surface area contributed by atoms with Crippen molar-refractivity contribution >= 4 is 0 Å². The number of hydrogen-bond donors (Lipinski definition) is 1. The van der Waals surface area contributed by atoms with Gasteiger partial charge < -0.3 is 10.1 Å². The molecule has 0 bridgehead atoms. The van der Waals surface area contributed by atoms with E-state index in [0.717, 1.165) is 12.3 Å². The van der Waals surface area contributed by atoms with Crippen LogP contribution in [-0.2, 0) is 0 Å². The molecule has 1 unspecified atom stereocenters. The van der Waals surface area contributed by atoms with Gasteiger partial charge in [0, 0.05) is 12.5 Å². The van der Waals surface area contributed by atoms with Crippen molar-refractivity contribution in [2.75, 3.05) is 20.7 Å². The zero-order valence-corrected chi connectivity index (χ0v) is 11.9. The Bertz CT molecular complexity index is 371. The van der Waals surface area contributed by atoms with Gasteiger partial charge in [0.1, 0.15) is 5.75 Å². The minimum atomic E-state index is 0.495. The van der Waals surface area contributed by atoms with Gasteiger partial charge in [-0.15, -0.1) is 0 Å². The van der Waals surface area contributed by atoms with Gasteiger partial charge in [0.05, 0.1) is 7.11 Å². The third kappa shape index (κ3) is 3.22. The molecule has 2 nitrogen and oxygen atoms in total. The molecule has 1 N–H and O–H groups in total. The molecule has 17 heavy (non-hydrogen) atoms. The van der Waals surface area contributed by atoms with E-state index in [2.05, 4.69) is 45.1 Å². The lowest BCUT2D eigenvalue weighted by Gasteiger charge is -2.24. The second kappa shape index (κ2) is 6.06. The van der Waals surface area contributed by atoms with Crippen molar-refractivity contribution in [2.45, 2.75) is 33.6 Å². The van der Waals surface area contributed by atoms with E-state index in [1.807, 2.05) is 7.05 Å². The van der Waals surface area contributed by atoms with E-state index in [9.17, 15) is 0 Å². The second-order valence-corrected chi connectivity index (χ2v) is 5.09. The summed E-state index contributed by atoms with van der Waals surface area (Å²) in [6.45, 7) is 9.79. The van der Waals surface area contributed by atoms with Gasteiger partial charge in [-0.25, -0.2) is 0 Å². The summed E-state index contributed by atoms with van der Waals surface area (Å²) >= 11 is 0. The molecule has 0 fully saturated rings. The first-order valence-electron chi connectivity index (χ1n) is 6.31. The van der Waals surface area contributed by atoms with Crippen molar-refractivity contribution in [3.63, 3.8) is 0 Å². The van der Waals surface area contributed by atoms with E-state index in [1.54, 1.807) is 7.11 Å². The third-order valence-electron chi connectivity index (χ3n) is 3.47.